The highest BCUT2D eigenvalue weighted by atomic mass is 35.5. The fraction of sp³-hybridized carbons (Fsp3) is 0.138. The van der Waals surface area contributed by atoms with E-state index in [1.54, 1.807) is 54.2 Å². The van der Waals surface area contributed by atoms with Gasteiger partial charge in [-0.3, -0.25) is 9.10 Å². The molecule has 0 aliphatic heterocycles. The third-order valence-corrected chi connectivity index (χ3v) is 8.89. The highest BCUT2D eigenvalue weighted by Crippen LogP contribution is 2.33. The molecule has 0 saturated carbocycles. The van der Waals surface area contributed by atoms with Crippen molar-refractivity contribution in [2.75, 3.05) is 23.3 Å². The first-order valence-corrected chi connectivity index (χ1v) is 14.6. The number of halogens is 1. The van der Waals surface area contributed by atoms with E-state index in [2.05, 4.69) is 5.32 Å². The van der Waals surface area contributed by atoms with Crippen LogP contribution in [0.5, 0.6) is 5.75 Å². The van der Waals surface area contributed by atoms with E-state index in [4.69, 9.17) is 16.3 Å². The first-order chi connectivity index (χ1) is 18.3. The number of sulfonamides is 1. The largest absolute Gasteiger partial charge is 0.495 e. The number of carbonyl (C=O) groups is 1. The summed E-state index contributed by atoms with van der Waals surface area (Å²) in [6.45, 7) is 1.44. The van der Waals surface area contributed by atoms with Gasteiger partial charge in [0.1, 0.15) is 12.3 Å². The molecule has 0 aromatic heterocycles. The molecule has 196 valence electrons. The van der Waals surface area contributed by atoms with Crippen LogP contribution in [0, 0.1) is 6.92 Å². The van der Waals surface area contributed by atoms with Gasteiger partial charge in [-0.15, -0.1) is 11.8 Å². The number of amides is 1. The van der Waals surface area contributed by atoms with Gasteiger partial charge in [0.2, 0.25) is 5.91 Å². The number of hydrogen-bond donors (Lipinski definition) is 1. The van der Waals surface area contributed by atoms with Crippen LogP contribution in [-0.4, -0.2) is 28.0 Å². The van der Waals surface area contributed by atoms with Gasteiger partial charge in [0, 0.05) is 15.7 Å². The second-order valence-electron chi connectivity index (χ2n) is 8.46. The number of anilines is 2. The van der Waals surface area contributed by atoms with Crippen molar-refractivity contribution in [2.45, 2.75) is 22.5 Å². The van der Waals surface area contributed by atoms with Gasteiger partial charge in [0.15, 0.2) is 0 Å². The van der Waals surface area contributed by atoms with E-state index in [-0.39, 0.29) is 10.6 Å². The Kier molecular flexibility index (Phi) is 8.99. The monoisotopic (exact) mass is 566 g/mol. The van der Waals surface area contributed by atoms with Crippen LogP contribution in [0.2, 0.25) is 5.02 Å². The van der Waals surface area contributed by atoms with Crippen molar-refractivity contribution in [3.8, 4) is 5.75 Å². The average Bonchev–Trinajstić information content (AvgIpc) is 2.92. The molecule has 0 unspecified atom stereocenters. The summed E-state index contributed by atoms with van der Waals surface area (Å²) in [5.74, 6) is 0.542. The smallest absolute Gasteiger partial charge is 0.264 e. The quantitative estimate of drug-likeness (QED) is 0.214. The minimum absolute atomic E-state index is 0.0840. The third kappa shape index (κ3) is 6.69. The second kappa shape index (κ2) is 12.4. The first kappa shape index (κ1) is 27.6. The van der Waals surface area contributed by atoms with E-state index < -0.39 is 22.5 Å². The van der Waals surface area contributed by atoms with E-state index in [9.17, 15) is 13.2 Å². The summed E-state index contributed by atoms with van der Waals surface area (Å²) in [5.41, 5.74) is 2.89. The summed E-state index contributed by atoms with van der Waals surface area (Å²) in [6.07, 6.45) is 0. The Labute approximate surface area is 232 Å². The number of benzene rings is 4. The molecule has 1 N–H and O–H groups in total. The molecule has 0 aliphatic carbocycles. The van der Waals surface area contributed by atoms with Gasteiger partial charge < -0.3 is 10.1 Å². The molecule has 0 radical (unpaired) electrons. The maximum Gasteiger partial charge on any atom is 0.264 e. The minimum Gasteiger partial charge on any atom is -0.495 e. The van der Waals surface area contributed by atoms with E-state index in [1.165, 1.54) is 19.2 Å². The van der Waals surface area contributed by atoms with Crippen molar-refractivity contribution < 1.29 is 17.9 Å². The van der Waals surface area contributed by atoms with Crippen LogP contribution in [0.1, 0.15) is 11.1 Å². The molecule has 0 spiro atoms. The number of para-hydroxylation sites is 3. The topological polar surface area (TPSA) is 75.7 Å². The molecule has 0 atom stereocenters. The predicted molar refractivity (Wildman–Crippen MR) is 155 cm³/mol. The molecule has 0 aliphatic rings. The van der Waals surface area contributed by atoms with Gasteiger partial charge in [-0.25, -0.2) is 8.42 Å². The Morgan fingerprint density at radius 3 is 2.29 bits per heavy atom. The Bertz CT molecular complexity index is 1510. The molecule has 4 rings (SSSR count). The van der Waals surface area contributed by atoms with E-state index in [0.717, 1.165) is 20.3 Å². The molecule has 0 bridgehead atoms. The molecule has 1 amide bonds. The predicted octanol–water partition coefficient (Wildman–Crippen LogP) is 6.78. The highest BCUT2D eigenvalue weighted by Gasteiger charge is 2.29. The lowest BCUT2D eigenvalue weighted by Crippen LogP contribution is -2.38. The maximum atomic E-state index is 13.7. The number of rotatable bonds is 10. The van der Waals surface area contributed by atoms with E-state index in [0.29, 0.717) is 22.2 Å². The minimum atomic E-state index is -4.07. The zero-order valence-corrected chi connectivity index (χ0v) is 23.3. The van der Waals surface area contributed by atoms with Crippen molar-refractivity contribution in [3.63, 3.8) is 0 Å². The van der Waals surface area contributed by atoms with Crippen LogP contribution < -0.4 is 14.4 Å². The molecule has 0 heterocycles. The van der Waals surface area contributed by atoms with Gasteiger partial charge in [0.05, 0.1) is 23.4 Å². The van der Waals surface area contributed by atoms with Crippen molar-refractivity contribution in [1.82, 2.24) is 0 Å². The van der Waals surface area contributed by atoms with Gasteiger partial charge in [0.25, 0.3) is 10.0 Å². The number of hydrogen-bond acceptors (Lipinski definition) is 5. The van der Waals surface area contributed by atoms with Crippen molar-refractivity contribution in [1.29, 1.82) is 0 Å². The van der Waals surface area contributed by atoms with Crippen LogP contribution in [0.4, 0.5) is 11.4 Å². The third-order valence-electron chi connectivity index (χ3n) is 5.72. The van der Waals surface area contributed by atoms with Crippen molar-refractivity contribution in [2.24, 2.45) is 0 Å². The number of nitrogens with one attached hydrogen (secondary N) is 1. The van der Waals surface area contributed by atoms with Gasteiger partial charge in [-0.05, 0) is 61.0 Å². The van der Waals surface area contributed by atoms with Crippen LogP contribution in [0.15, 0.2) is 107 Å². The molecular weight excluding hydrogens is 540 g/mol. The summed E-state index contributed by atoms with van der Waals surface area (Å²) in [6, 6.07) is 28.3. The Morgan fingerprint density at radius 2 is 1.58 bits per heavy atom. The van der Waals surface area contributed by atoms with Crippen LogP contribution in [0.3, 0.4) is 0 Å². The zero-order chi connectivity index (χ0) is 27.1. The van der Waals surface area contributed by atoms with Crippen LogP contribution in [0.25, 0.3) is 0 Å². The number of ether oxygens (including phenoxy) is 1. The average molecular weight is 567 g/mol. The standard InChI is InChI=1S/C29H27ClN2O4S2/c1-21-11-17-24(18-12-21)38(34,35)32(26-8-4-5-9-27(26)36-2)19-29(33)31-25-7-3-6-10-28(25)37-20-22-13-15-23(30)16-14-22/h3-18H,19-20H2,1-2H3,(H,31,33). The highest BCUT2D eigenvalue weighted by molar-refractivity contribution is 7.98. The molecule has 0 fully saturated rings. The van der Waals surface area contributed by atoms with Gasteiger partial charge in [-0.2, -0.15) is 0 Å². The first-order valence-electron chi connectivity index (χ1n) is 11.8. The molecule has 6 nitrogen and oxygen atoms in total. The molecule has 38 heavy (non-hydrogen) atoms. The summed E-state index contributed by atoms with van der Waals surface area (Å²) >= 11 is 7.55. The van der Waals surface area contributed by atoms with Crippen LogP contribution >= 0.6 is 23.4 Å². The van der Waals surface area contributed by atoms with Crippen molar-refractivity contribution >= 4 is 50.7 Å². The van der Waals surface area contributed by atoms with Gasteiger partial charge in [-0.1, -0.05) is 65.7 Å². The summed E-state index contributed by atoms with van der Waals surface area (Å²) < 4.78 is 34.0. The molecular formula is C29H27ClN2O4S2. The lowest BCUT2D eigenvalue weighted by atomic mass is 10.2. The fourth-order valence-corrected chi connectivity index (χ4v) is 6.25. The number of methoxy groups -OCH3 is 1. The lowest BCUT2D eigenvalue weighted by molar-refractivity contribution is -0.114. The van der Waals surface area contributed by atoms with Crippen LogP contribution in [-0.2, 0) is 20.6 Å². The van der Waals surface area contributed by atoms with E-state index >= 15 is 0 Å². The lowest BCUT2D eigenvalue weighted by Gasteiger charge is -2.26. The number of nitrogens with zero attached hydrogens (tertiary/aromatic N) is 1. The number of aryl methyl sites for hydroxylation is 1. The Balaban J connectivity index is 1.59. The number of carbonyl (C=O) groups excluding carboxylic acids is 1. The second-order valence-corrected chi connectivity index (χ2v) is 11.8. The molecule has 4 aromatic rings. The molecule has 9 heteroatoms. The Morgan fingerprint density at radius 1 is 0.921 bits per heavy atom. The Hall–Kier alpha value is -3.46. The zero-order valence-electron chi connectivity index (χ0n) is 20.9. The maximum absolute atomic E-state index is 13.7. The molecule has 4 aromatic carbocycles. The van der Waals surface area contributed by atoms with Crippen molar-refractivity contribution in [3.05, 3.63) is 113 Å². The summed E-state index contributed by atoms with van der Waals surface area (Å²) in [4.78, 5) is 14.3. The summed E-state index contributed by atoms with van der Waals surface area (Å²) in [5, 5.41) is 3.57. The SMILES string of the molecule is COc1ccccc1N(CC(=O)Nc1ccccc1SCc1ccc(Cl)cc1)S(=O)(=O)c1ccc(C)cc1. The normalized spacial score (nSPS) is 11.1. The molecule has 0 saturated heterocycles. The fourth-order valence-electron chi connectivity index (χ4n) is 3.73. The number of thioether (sulfide) groups is 1. The summed E-state index contributed by atoms with van der Waals surface area (Å²) in [7, 11) is -2.61. The van der Waals surface area contributed by atoms with E-state index in [1.807, 2.05) is 49.4 Å². The van der Waals surface area contributed by atoms with Gasteiger partial charge >= 0.3 is 0 Å².